The van der Waals surface area contributed by atoms with E-state index in [9.17, 15) is 39.0 Å². The Balaban J connectivity index is 5.41. The lowest BCUT2D eigenvalue weighted by Gasteiger charge is -2.34. The molecule has 0 aromatic heterocycles. The Morgan fingerprint density at radius 2 is 1.36 bits per heavy atom. The maximum Gasteiger partial charge on any atom is 0.373 e. The van der Waals surface area contributed by atoms with E-state index in [4.69, 9.17) is 0 Å². The van der Waals surface area contributed by atoms with Crippen molar-refractivity contribution < 1.29 is 39.0 Å². The van der Waals surface area contributed by atoms with Gasteiger partial charge in [-0.05, 0) is 9.25 Å². The van der Waals surface area contributed by atoms with Gasteiger partial charge in [-0.15, -0.1) is 0 Å². The van der Waals surface area contributed by atoms with Crippen LogP contribution in [0.3, 0.4) is 0 Å². The number of amides is 2. The lowest BCUT2D eigenvalue weighted by Crippen LogP contribution is -2.47. The highest BCUT2D eigenvalue weighted by atomic mass is 33.2. The summed E-state index contributed by atoms with van der Waals surface area (Å²) in [7, 11) is -2.39. The van der Waals surface area contributed by atoms with Crippen molar-refractivity contribution in [3.63, 3.8) is 0 Å². The van der Waals surface area contributed by atoms with E-state index in [-0.39, 0.29) is 5.75 Å². The van der Waals surface area contributed by atoms with Crippen molar-refractivity contribution in [2.75, 3.05) is 11.5 Å². The number of hydrogen-bond acceptors (Lipinski definition) is 7. The summed E-state index contributed by atoms with van der Waals surface area (Å²) in [5.41, 5.74) is 0. The zero-order valence-electron chi connectivity index (χ0n) is 16.3. The van der Waals surface area contributed by atoms with Crippen molar-refractivity contribution in [3.05, 3.63) is 0 Å². The van der Waals surface area contributed by atoms with Gasteiger partial charge in [0, 0.05) is 23.3 Å². The number of aliphatic carboxylic acids is 1. The third-order valence-corrected chi connectivity index (χ3v) is 9.25. The number of nitrogens with one attached hydrogen (secondary N) is 2. The maximum atomic E-state index is 12.0. The number of Topliss-reactive ketones (excluding diaryl/α,β-unsaturated/α-hetero) is 2. The Morgan fingerprint density at radius 3 is 1.71 bits per heavy atom. The molecule has 0 aliphatic carbocycles. The first kappa shape index (κ1) is 25.9. The van der Waals surface area contributed by atoms with Gasteiger partial charge in [0.25, 0.3) is 11.8 Å². The van der Waals surface area contributed by atoms with Crippen LogP contribution >= 0.6 is 20.0 Å². The molecular formula is C16H26N2O8S2. The van der Waals surface area contributed by atoms with Gasteiger partial charge in [0.2, 0.25) is 11.6 Å². The molecule has 0 aromatic carbocycles. The summed E-state index contributed by atoms with van der Waals surface area (Å²) < 4.78 is 2.24. The second-order valence-corrected chi connectivity index (χ2v) is 11.8. The van der Waals surface area contributed by atoms with E-state index in [0.717, 1.165) is 0 Å². The van der Waals surface area contributed by atoms with Crippen molar-refractivity contribution in [1.82, 2.24) is 10.0 Å². The van der Waals surface area contributed by atoms with Gasteiger partial charge in [-0.1, -0.05) is 45.4 Å². The second-order valence-electron chi connectivity index (χ2n) is 6.35. The summed E-state index contributed by atoms with van der Waals surface area (Å²) in [5, 5.41) is 19.5. The third kappa shape index (κ3) is 7.15. The minimum absolute atomic E-state index is 0.0741. The molecule has 0 saturated heterocycles. The molecule has 0 saturated carbocycles. The maximum absolute atomic E-state index is 12.0. The summed E-state index contributed by atoms with van der Waals surface area (Å²) in [6.07, 6.45) is 0. The molecule has 0 aliphatic heterocycles. The van der Waals surface area contributed by atoms with Gasteiger partial charge < -0.3 is 15.5 Å². The Kier molecular flexibility index (Phi) is 10.2. The first-order valence-electron chi connectivity index (χ1n) is 8.40. The van der Waals surface area contributed by atoms with Gasteiger partial charge in [0.05, 0.1) is 0 Å². The van der Waals surface area contributed by atoms with Crippen LogP contribution in [-0.2, 0) is 24.0 Å². The molecule has 0 aromatic rings. The summed E-state index contributed by atoms with van der Waals surface area (Å²) in [5.74, 6) is -6.98. The van der Waals surface area contributed by atoms with Crippen molar-refractivity contribution in [1.29, 1.82) is 0 Å². The normalized spacial score (nSPS) is 15.2. The van der Waals surface area contributed by atoms with E-state index in [1.165, 1.54) is 34.6 Å². The topological polar surface area (TPSA) is 167 Å². The molecule has 0 spiro atoms. The van der Waals surface area contributed by atoms with Gasteiger partial charge in [0.15, 0.2) is 0 Å². The quantitative estimate of drug-likeness (QED) is 0.289. The smallest absolute Gasteiger partial charge is 0.373 e. The molecule has 10 nitrogen and oxygen atoms in total. The lowest BCUT2D eigenvalue weighted by atomic mass is 10.1. The van der Waals surface area contributed by atoms with Gasteiger partial charge in [-0.3, -0.25) is 23.9 Å². The average molecular weight is 439 g/mol. The van der Waals surface area contributed by atoms with Crippen LogP contribution in [0.15, 0.2) is 0 Å². The predicted octanol–water partition coefficient (Wildman–Crippen LogP) is 1.19. The highest BCUT2D eigenvalue weighted by Gasteiger charge is 2.37. The molecule has 12 heteroatoms. The van der Waals surface area contributed by atoms with E-state index in [1.807, 2.05) is 0 Å². The van der Waals surface area contributed by atoms with Crippen LogP contribution in [-0.4, -0.2) is 62.4 Å². The molecule has 2 unspecified atom stereocenters. The Bertz CT molecular complexity index is 665. The second kappa shape index (κ2) is 11.1. The minimum atomic E-state index is -3.02. The number of hydrogen-bond donors (Lipinski definition) is 4. The van der Waals surface area contributed by atoms with Crippen LogP contribution in [0.5, 0.6) is 0 Å². The van der Waals surface area contributed by atoms with E-state index >= 15 is 0 Å². The number of ketones is 2. The Labute approximate surface area is 168 Å². The monoisotopic (exact) mass is 438 g/mol. The van der Waals surface area contributed by atoms with Crippen LogP contribution in [0.1, 0.15) is 34.6 Å². The fraction of sp³-hybridized carbons (Fsp3) is 0.625. The molecule has 0 aliphatic rings. The fourth-order valence-corrected chi connectivity index (χ4v) is 5.83. The molecule has 4 N–H and O–H groups in total. The van der Waals surface area contributed by atoms with Crippen molar-refractivity contribution in [3.8, 4) is 0 Å². The number of rotatable bonds is 10. The summed E-state index contributed by atoms with van der Waals surface area (Å²) in [6.45, 7) is 7.41. The van der Waals surface area contributed by atoms with Crippen molar-refractivity contribution in [2.24, 2.45) is 11.8 Å². The van der Waals surface area contributed by atoms with E-state index < -0.39 is 67.5 Å². The molecule has 0 radical (unpaired) electrons. The third-order valence-electron chi connectivity index (χ3n) is 3.48. The number of carbonyl (C=O) groups excluding carboxylic acids is 4. The largest absolute Gasteiger partial charge is 0.480 e. The number of carboxylic acids is 1. The zero-order valence-corrected chi connectivity index (χ0v) is 17.9. The van der Waals surface area contributed by atoms with Crippen molar-refractivity contribution >= 4 is 54.7 Å². The molecule has 2 amide bonds. The summed E-state index contributed by atoms with van der Waals surface area (Å²) >= 11 is 0. The fourth-order valence-electron chi connectivity index (χ4n) is 1.72. The highest BCUT2D eigenvalue weighted by molar-refractivity contribution is 8.99. The molecular weight excluding hydrogens is 412 g/mol. The van der Waals surface area contributed by atoms with Gasteiger partial charge in [-0.25, -0.2) is 9.59 Å². The van der Waals surface area contributed by atoms with E-state index in [0.29, 0.717) is 10.8 Å². The average Bonchev–Trinajstić information content (AvgIpc) is 2.61. The van der Waals surface area contributed by atoms with Crippen LogP contribution in [0.2, 0.25) is 0 Å². The van der Waals surface area contributed by atoms with Crippen molar-refractivity contribution in [2.45, 2.75) is 40.7 Å². The molecule has 0 bridgehead atoms. The number of carboxylic acid groups (broad SMARTS) is 2. The molecule has 160 valence electrons. The first-order valence-corrected chi connectivity index (χ1v) is 11.7. The summed E-state index contributed by atoms with van der Waals surface area (Å²) in [4.78, 5) is 70.5. The predicted molar refractivity (Wildman–Crippen MR) is 106 cm³/mol. The Hall–Kier alpha value is -2.08. The van der Waals surface area contributed by atoms with Crippen LogP contribution in [0.25, 0.3) is 0 Å². The van der Waals surface area contributed by atoms with Crippen LogP contribution in [0.4, 0.5) is 4.79 Å². The standard InChI is InChI=1S/C16H26N2O8S2/c1-6-28(16(25)26,18-14(22)12(20)9(4)5)27-7-10(15(23)24)17-13(21)11(19)8(2)3/h8-10H,6-7H2,1-5H3,(H,17,21)(H,18,22)(H,23,24)(H,25,26). The molecule has 0 fully saturated rings. The number of carbonyl (C=O) groups is 6. The van der Waals surface area contributed by atoms with E-state index in [1.54, 1.807) is 0 Å². The molecule has 2 atom stereocenters. The molecule has 0 heterocycles. The SMILES string of the molecule is CCS(NC(=O)C(=O)C(C)C)(SCC(NC(=O)C(=O)C(C)C)C(=O)O)C(=O)O. The van der Waals surface area contributed by atoms with Crippen LogP contribution in [0, 0.1) is 11.8 Å². The summed E-state index contributed by atoms with van der Waals surface area (Å²) in [6, 6.07) is -1.55. The Morgan fingerprint density at radius 1 is 0.893 bits per heavy atom. The van der Waals surface area contributed by atoms with Gasteiger partial charge >= 0.3 is 11.3 Å². The van der Waals surface area contributed by atoms with Gasteiger partial charge in [-0.2, -0.15) is 0 Å². The minimum Gasteiger partial charge on any atom is -0.480 e. The molecule has 0 rings (SSSR count). The van der Waals surface area contributed by atoms with Gasteiger partial charge in [0.1, 0.15) is 6.04 Å². The van der Waals surface area contributed by atoms with E-state index in [2.05, 4.69) is 10.0 Å². The zero-order chi connectivity index (χ0) is 22.2. The highest BCUT2D eigenvalue weighted by Crippen LogP contribution is 2.56. The van der Waals surface area contributed by atoms with Crippen LogP contribution < -0.4 is 10.0 Å². The first-order chi connectivity index (χ1) is 12.8. The molecule has 28 heavy (non-hydrogen) atoms. The lowest BCUT2D eigenvalue weighted by molar-refractivity contribution is -0.144.